The van der Waals surface area contributed by atoms with Crippen molar-refractivity contribution in [1.82, 2.24) is 0 Å². The van der Waals surface area contributed by atoms with E-state index in [1.54, 1.807) is 6.92 Å². The van der Waals surface area contributed by atoms with Crippen LogP contribution in [0.15, 0.2) is 53.8 Å². The van der Waals surface area contributed by atoms with Crippen molar-refractivity contribution in [3.05, 3.63) is 59.4 Å². The average Bonchev–Trinajstić information content (AvgIpc) is 2.49. The van der Waals surface area contributed by atoms with Gasteiger partial charge in [0.1, 0.15) is 5.76 Å². The van der Waals surface area contributed by atoms with Gasteiger partial charge in [0.05, 0.1) is 12.7 Å². The summed E-state index contributed by atoms with van der Waals surface area (Å²) in [5.74, 6) is 5.72. The minimum absolute atomic E-state index is 0.0414. The van der Waals surface area contributed by atoms with E-state index in [2.05, 4.69) is 11.8 Å². The highest BCUT2D eigenvalue weighted by molar-refractivity contribution is 5.50. The van der Waals surface area contributed by atoms with Crippen LogP contribution in [0.25, 0.3) is 0 Å². The predicted molar refractivity (Wildman–Crippen MR) is 75.5 cm³/mol. The zero-order chi connectivity index (χ0) is 14.6. The first-order chi connectivity index (χ1) is 9.60. The fraction of sp³-hybridized carbons (Fsp3) is 0.294. The van der Waals surface area contributed by atoms with Crippen molar-refractivity contribution in [2.24, 2.45) is 0 Å². The first-order valence-corrected chi connectivity index (χ1v) is 6.48. The molecule has 0 fully saturated rings. The normalized spacial score (nSPS) is 25.1. The van der Waals surface area contributed by atoms with Gasteiger partial charge in [-0.25, -0.2) is 8.78 Å². The second-order valence-corrected chi connectivity index (χ2v) is 4.57. The van der Waals surface area contributed by atoms with E-state index in [0.717, 1.165) is 5.56 Å². The van der Waals surface area contributed by atoms with Gasteiger partial charge in [-0.05, 0) is 30.7 Å². The molecule has 1 nitrogen and oxygen atoms in total. The molecule has 0 N–H and O–H groups in total. The Morgan fingerprint density at radius 3 is 2.55 bits per heavy atom. The molecule has 1 aliphatic carbocycles. The van der Waals surface area contributed by atoms with Gasteiger partial charge in [-0.15, -0.1) is 0 Å². The van der Waals surface area contributed by atoms with Crippen LogP contribution in [0, 0.1) is 11.8 Å². The summed E-state index contributed by atoms with van der Waals surface area (Å²) in [7, 11) is 1.33. The lowest BCUT2D eigenvalue weighted by atomic mass is 9.88. The Morgan fingerprint density at radius 2 is 1.95 bits per heavy atom. The SMILES string of the molecule is CCC1(F)C=CC(C#Cc2ccccc2)=C(OC)C1F. The molecule has 2 unspecified atom stereocenters. The quantitative estimate of drug-likeness (QED) is 0.742. The highest BCUT2D eigenvalue weighted by Crippen LogP contribution is 2.35. The van der Waals surface area contributed by atoms with Crippen molar-refractivity contribution in [3.63, 3.8) is 0 Å². The molecule has 0 bridgehead atoms. The van der Waals surface area contributed by atoms with Crippen LogP contribution in [0.2, 0.25) is 0 Å². The third-order valence-corrected chi connectivity index (χ3v) is 3.32. The molecule has 3 heteroatoms. The summed E-state index contributed by atoms with van der Waals surface area (Å²) in [6.45, 7) is 1.60. The Balaban J connectivity index is 2.35. The molecule has 1 aromatic rings. The molecule has 1 aliphatic rings. The van der Waals surface area contributed by atoms with Crippen LogP contribution < -0.4 is 0 Å². The summed E-state index contributed by atoms with van der Waals surface area (Å²) < 4.78 is 33.5. The Labute approximate surface area is 118 Å². The van der Waals surface area contributed by atoms with Gasteiger partial charge in [-0.1, -0.05) is 37.0 Å². The fourth-order valence-electron chi connectivity index (χ4n) is 2.02. The highest BCUT2D eigenvalue weighted by Gasteiger charge is 2.42. The van der Waals surface area contributed by atoms with E-state index < -0.39 is 11.8 Å². The maximum atomic E-state index is 14.2. The van der Waals surface area contributed by atoms with Crippen LogP contribution in [0.5, 0.6) is 0 Å². The van der Waals surface area contributed by atoms with Gasteiger partial charge < -0.3 is 4.74 Å². The van der Waals surface area contributed by atoms with E-state index >= 15 is 0 Å². The van der Waals surface area contributed by atoms with Crippen LogP contribution in [0.4, 0.5) is 8.78 Å². The molecule has 2 atom stereocenters. The molecule has 2 rings (SSSR count). The zero-order valence-electron chi connectivity index (χ0n) is 11.5. The lowest BCUT2D eigenvalue weighted by Gasteiger charge is -2.29. The Hall–Kier alpha value is -2.08. The van der Waals surface area contributed by atoms with Crippen molar-refractivity contribution < 1.29 is 13.5 Å². The molecule has 0 saturated carbocycles. The molecule has 1 aromatic carbocycles. The van der Waals surface area contributed by atoms with Crippen molar-refractivity contribution in [1.29, 1.82) is 0 Å². The number of methoxy groups -OCH3 is 1. The van der Waals surface area contributed by atoms with Crippen molar-refractivity contribution in [2.45, 2.75) is 25.2 Å². The summed E-state index contributed by atoms with van der Waals surface area (Å²) in [6.07, 6.45) is 0.961. The molecule has 0 aliphatic heterocycles. The topological polar surface area (TPSA) is 9.23 Å². The Morgan fingerprint density at radius 1 is 1.25 bits per heavy atom. The summed E-state index contributed by atoms with van der Waals surface area (Å²) in [5, 5.41) is 0. The van der Waals surface area contributed by atoms with E-state index in [-0.39, 0.29) is 12.2 Å². The molecular weight excluding hydrogens is 258 g/mol. The van der Waals surface area contributed by atoms with Gasteiger partial charge in [0.15, 0.2) is 11.8 Å². The van der Waals surface area contributed by atoms with Crippen LogP contribution in [-0.4, -0.2) is 19.0 Å². The monoisotopic (exact) mass is 274 g/mol. The van der Waals surface area contributed by atoms with Gasteiger partial charge in [0.25, 0.3) is 0 Å². The number of ether oxygens (including phenoxy) is 1. The summed E-state index contributed by atoms with van der Waals surface area (Å²) in [5.41, 5.74) is -0.819. The smallest absolute Gasteiger partial charge is 0.195 e. The molecule has 0 heterocycles. The number of halogens is 2. The van der Waals surface area contributed by atoms with E-state index in [4.69, 9.17) is 4.74 Å². The maximum absolute atomic E-state index is 14.2. The van der Waals surface area contributed by atoms with Gasteiger partial charge in [0.2, 0.25) is 0 Å². The van der Waals surface area contributed by atoms with Gasteiger partial charge >= 0.3 is 0 Å². The van der Waals surface area contributed by atoms with E-state index in [0.29, 0.717) is 5.57 Å². The van der Waals surface area contributed by atoms with Crippen molar-refractivity contribution in [2.75, 3.05) is 7.11 Å². The summed E-state index contributed by atoms with van der Waals surface area (Å²) in [6, 6.07) is 9.33. The fourth-order valence-corrected chi connectivity index (χ4v) is 2.02. The molecule has 0 spiro atoms. The zero-order valence-corrected chi connectivity index (χ0v) is 11.5. The maximum Gasteiger partial charge on any atom is 0.195 e. The van der Waals surface area contributed by atoms with E-state index in [9.17, 15) is 8.78 Å². The first kappa shape index (κ1) is 14.3. The minimum Gasteiger partial charge on any atom is -0.497 e. The van der Waals surface area contributed by atoms with Crippen LogP contribution in [0.3, 0.4) is 0 Å². The highest BCUT2D eigenvalue weighted by atomic mass is 19.2. The number of rotatable bonds is 2. The molecular formula is C17H16F2O. The van der Waals surface area contributed by atoms with E-state index in [1.807, 2.05) is 30.3 Å². The second-order valence-electron chi connectivity index (χ2n) is 4.57. The Bertz CT molecular complexity index is 592. The molecule has 104 valence electrons. The van der Waals surface area contributed by atoms with Crippen molar-refractivity contribution >= 4 is 0 Å². The summed E-state index contributed by atoms with van der Waals surface area (Å²) >= 11 is 0. The number of alkyl halides is 2. The molecule has 20 heavy (non-hydrogen) atoms. The number of hydrogen-bond acceptors (Lipinski definition) is 1. The first-order valence-electron chi connectivity index (χ1n) is 6.48. The number of hydrogen-bond donors (Lipinski definition) is 0. The molecule has 0 saturated heterocycles. The number of allylic oxidation sites excluding steroid dienone is 4. The van der Waals surface area contributed by atoms with E-state index in [1.165, 1.54) is 19.3 Å². The second kappa shape index (κ2) is 5.92. The average molecular weight is 274 g/mol. The lowest BCUT2D eigenvalue weighted by molar-refractivity contribution is 0.0678. The Kier molecular flexibility index (Phi) is 4.24. The van der Waals surface area contributed by atoms with Gasteiger partial charge in [0, 0.05) is 5.56 Å². The molecule has 0 radical (unpaired) electrons. The van der Waals surface area contributed by atoms with Crippen LogP contribution in [0.1, 0.15) is 18.9 Å². The lowest BCUT2D eigenvalue weighted by Crippen LogP contribution is -2.36. The van der Waals surface area contributed by atoms with Crippen molar-refractivity contribution in [3.8, 4) is 11.8 Å². The standard InChI is InChI=1S/C17H16F2O/c1-3-17(19)12-11-14(15(20-2)16(17)18)10-9-13-7-5-4-6-8-13/h4-8,11-12,16H,3H2,1-2H3. The van der Waals surface area contributed by atoms with Crippen LogP contribution in [-0.2, 0) is 4.74 Å². The largest absolute Gasteiger partial charge is 0.497 e. The van der Waals surface area contributed by atoms with Gasteiger partial charge in [-0.2, -0.15) is 0 Å². The summed E-state index contributed by atoms with van der Waals surface area (Å²) in [4.78, 5) is 0. The predicted octanol–water partition coefficient (Wildman–Crippen LogP) is 3.96. The molecule has 0 amide bonds. The van der Waals surface area contributed by atoms with Crippen LogP contribution >= 0.6 is 0 Å². The number of benzene rings is 1. The third kappa shape index (κ3) is 2.75. The third-order valence-electron chi connectivity index (χ3n) is 3.32. The minimum atomic E-state index is -2.01. The molecule has 0 aromatic heterocycles. The van der Waals surface area contributed by atoms with Gasteiger partial charge in [-0.3, -0.25) is 0 Å².